The molecule has 0 aliphatic rings. The van der Waals surface area contributed by atoms with Crippen molar-refractivity contribution in [3.63, 3.8) is 0 Å². The van der Waals surface area contributed by atoms with Crippen LogP contribution in [-0.2, 0) is 20.1 Å². The minimum atomic E-state index is -4.77. The zero-order valence-corrected chi connectivity index (χ0v) is 10.5. The Morgan fingerprint density at radius 3 is 2.06 bits per heavy atom. The zero-order chi connectivity index (χ0) is 13.4. The first kappa shape index (κ1) is 14.0. The summed E-state index contributed by atoms with van der Waals surface area (Å²) in [6.45, 7) is 0. The maximum atomic E-state index is 13.1. The molecule has 96 valence electrons. The molecule has 0 saturated carbocycles. The second-order valence-corrected chi connectivity index (χ2v) is 6.69. The van der Waals surface area contributed by atoms with Crippen LogP contribution in [0.4, 0.5) is 4.39 Å². The van der Waals surface area contributed by atoms with E-state index in [0.29, 0.717) is 12.1 Å². The zero-order valence-electron chi connectivity index (χ0n) is 8.82. The van der Waals surface area contributed by atoms with Crippen molar-refractivity contribution < 1.29 is 25.8 Å². The van der Waals surface area contributed by atoms with Gasteiger partial charge in [-0.25, -0.2) is 22.1 Å². The van der Waals surface area contributed by atoms with Gasteiger partial charge in [0.1, 0.15) is 5.82 Å². The summed E-state index contributed by atoms with van der Waals surface area (Å²) in [5, 5.41) is -1.85. The largest absolute Gasteiger partial charge is 0.312 e. The van der Waals surface area contributed by atoms with Gasteiger partial charge in [-0.15, -0.1) is 0 Å². The van der Waals surface area contributed by atoms with Crippen LogP contribution in [0, 0.1) is 5.82 Å². The second-order valence-electron chi connectivity index (χ2n) is 3.22. The Kier molecular flexibility index (Phi) is 3.52. The molecule has 0 unspecified atom stereocenters. The first-order chi connectivity index (χ1) is 7.55. The highest BCUT2D eigenvalue weighted by molar-refractivity contribution is 7.89. The Labute approximate surface area is 97.7 Å². The SMILES string of the molecule is CN(C)S(=O)(=O)c1cc(F)cc(S(=O)(=O)O)n1. The Hall–Kier alpha value is -1.10. The minimum Gasteiger partial charge on any atom is -0.281 e. The van der Waals surface area contributed by atoms with Gasteiger partial charge in [-0.3, -0.25) is 4.55 Å². The van der Waals surface area contributed by atoms with Gasteiger partial charge in [0, 0.05) is 26.2 Å². The van der Waals surface area contributed by atoms with Crippen molar-refractivity contribution in [3.8, 4) is 0 Å². The number of sulfonamides is 1. The summed E-state index contributed by atoms with van der Waals surface area (Å²) in [6, 6.07) is 0.980. The van der Waals surface area contributed by atoms with E-state index in [1.165, 1.54) is 14.1 Å². The summed E-state index contributed by atoms with van der Waals surface area (Å²) in [5.74, 6) is -1.13. The highest BCUT2D eigenvalue weighted by atomic mass is 32.2. The summed E-state index contributed by atoms with van der Waals surface area (Å²) in [7, 11) is -6.49. The summed E-state index contributed by atoms with van der Waals surface area (Å²) >= 11 is 0. The van der Waals surface area contributed by atoms with Gasteiger partial charge in [-0.1, -0.05) is 0 Å². The molecule has 0 fully saturated rings. The van der Waals surface area contributed by atoms with Crippen molar-refractivity contribution >= 4 is 20.1 Å². The molecule has 0 aliphatic carbocycles. The molecule has 17 heavy (non-hydrogen) atoms. The highest BCUT2D eigenvalue weighted by Crippen LogP contribution is 2.15. The van der Waals surface area contributed by atoms with Crippen LogP contribution in [0.1, 0.15) is 0 Å². The molecule has 1 rings (SSSR count). The normalized spacial score (nSPS) is 13.0. The van der Waals surface area contributed by atoms with Crippen molar-refractivity contribution in [3.05, 3.63) is 17.9 Å². The molecule has 0 aliphatic heterocycles. The van der Waals surface area contributed by atoms with Crippen LogP contribution in [0.5, 0.6) is 0 Å². The summed E-state index contributed by atoms with van der Waals surface area (Å²) in [6.07, 6.45) is 0. The maximum absolute atomic E-state index is 13.1. The van der Waals surface area contributed by atoms with Crippen LogP contribution >= 0.6 is 0 Å². The molecule has 7 nitrogen and oxygen atoms in total. The molecule has 0 amide bonds. The number of aromatic nitrogens is 1. The van der Waals surface area contributed by atoms with Crippen LogP contribution in [-0.4, -0.2) is 44.8 Å². The highest BCUT2D eigenvalue weighted by Gasteiger charge is 2.23. The van der Waals surface area contributed by atoms with E-state index < -0.39 is 36.0 Å². The van der Waals surface area contributed by atoms with Crippen molar-refractivity contribution in [1.29, 1.82) is 0 Å². The molecule has 0 spiro atoms. The first-order valence-electron chi connectivity index (χ1n) is 4.13. The average Bonchev–Trinajstić information content (AvgIpc) is 2.15. The Balaban J connectivity index is 3.55. The molecular weight excluding hydrogens is 275 g/mol. The fraction of sp³-hybridized carbons (Fsp3) is 0.286. The van der Waals surface area contributed by atoms with E-state index in [-0.39, 0.29) is 0 Å². The van der Waals surface area contributed by atoms with E-state index in [2.05, 4.69) is 4.98 Å². The van der Waals surface area contributed by atoms with Gasteiger partial charge in [0.15, 0.2) is 10.1 Å². The van der Waals surface area contributed by atoms with E-state index in [0.717, 1.165) is 4.31 Å². The summed E-state index contributed by atoms with van der Waals surface area (Å²) in [5.41, 5.74) is 0. The Bertz CT molecular complexity index is 638. The Morgan fingerprint density at radius 2 is 1.65 bits per heavy atom. The van der Waals surface area contributed by atoms with Crippen molar-refractivity contribution in [2.24, 2.45) is 0 Å². The quantitative estimate of drug-likeness (QED) is 0.765. The summed E-state index contributed by atoms with van der Waals surface area (Å²) in [4.78, 5) is 3.19. The van der Waals surface area contributed by atoms with Crippen molar-refractivity contribution in [2.75, 3.05) is 14.1 Å². The Morgan fingerprint density at radius 1 is 1.18 bits per heavy atom. The van der Waals surface area contributed by atoms with Crippen LogP contribution in [0.15, 0.2) is 22.2 Å². The summed E-state index contributed by atoms with van der Waals surface area (Å²) < 4.78 is 67.1. The molecule has 1 aromatic rings. The van der Waals surface area contributed by atoms with E-state index in [4.69, 9.17) is 4.55 Å². The minimum absolute atomic E-state index is 0.421. The molecular formula is C7H9FN2O5S2. The smallest absolute Gasteiger partial charge is 0.281 e. The van der Waals surface area contributed by atoms with Gasteiger partial charge in [-0.2, -0.15) is 8.42 Å². The number of nitrogens with zero attached hydrogens (tertiary/aromatic N) is 2. The van der Waals surface area contributed by atoms with Gasteiger partial charge in [0.2, 0.25) is 0 Å². The molecule has 0 aromatic carbocycles. The van der Waals surface area contributed by atoms with E-state index >= 15 is 0 Å². The third kappa shape index (κ3) is 2.97. The maximum Gasteiger partial charge on any atom is 0.312 e. The predicted octanol–water partition coefficient (Wildman–Crippen LogP) is -0.282. The van der Waals surface area contributed by atoms with Crippen LogP contribution in [0.25, 0.3) is 0 Å². The molecule has 1 N–H and O–H groups in total. The fourth-order valence-electron chi connectivity index (χ4n) is 0.902. The van der Waals surface area contributed by atoms with E-state index in [1.807, 2.05) is 0 Å². The fourth-order valence-corrected chi connectivity index (χ4v) is 2.28. The molecule has 0 bridgehead atoms. The third-order valence-electron chi connectivity index (χ3n) is 1.75. The number of hydrogen-bond donors (Lipinski definition) is 1. The lowest BCUT2D eigenvalue weighted by Crippen LogP contribution is -2.24. The van der Waals surface area contributed by atoms with E-state index in [9.17, 15) is 21.2 Å². The molecule has 0 radical (unpaired) electrons. The lowest BCUT2D eigenvalue weighted by Gasteiger charge is -2.10. The number of pyridine rings is 1. The number of rotatable bonds is 3. The average molecular weight is 284 g/mol. The lowest BCUT2D eigenvalue weighted by atomic mass is 10.5. The molecule has 1 aromatic heterocycles. The lowest BCUT2D eigenvalue weighted by molar-refractivity contribution is 0.474. The van der Waals surface area contributed by atoms with Gasteiger partial charge in [-0.05, 0) is 0 Å². The monoisotopic (exact) mass is 284 g/mol. The van der Waals surface area contributed by atoms with Crippen molar-refractivity contribution in [2.45, 2.75) is 10.1 Å². The third-order valence-corrected chi connectivity index (χ3v) is 4.19. The number of halogens is 1. The molecule has 0 saturated heterocycles. The first-order valence-corrected chi connectivity index (χ1v) is 7.01. The van der Waals surface area contributed by atoms with Gasteiger partial charge in [0.05, 0.1) is 0 Å². The molecule has 10 heteroatoms. The van der Waals surface area contributed by atoms with Gasteiger partial charge >= 0.3 is 10.1 Å². The van der Waals surface area contributed by atoms with Crippen molar-refractivity contribution in [1.82, 2.24) is 9.29 Å². The van der Waals surface area contributed by atoms with E-state index in [1.54, 1.807) is 0 Å². The second kappa shape index (κ2) is 4.29. The topological polar surface area (TPSA) is 105 Å². The predicted molar refractivity (Wildman–Crippen MR) is 54.9 cm³/mol. The van der Waals surface area contributed by atoms with Gasteiger partial charge in [0.25, 0.3) is 10.0 Å². The van der Waals surface area contributed by atoms with Gasteiger partial charge < -0.3 is 0 Å². The molecule has 0 atom stereocenters. The molecule has 1 heterocycles. The number of hydrogen-bond acceptors (Lipinski definition) is 5. The standard InChI is InChI=1S/C7H9FN2O5S2/c1-10(2)16(11,12)6-3-5(8)4-7(9-6)17(13,14)15/h3-4H,1-2H3,(H,13,14,15). The van der Waals surface area contributed by atoms with Crippen LogP contribution in [0.3, 0.4) is 0 Å². The van der Waals surface area contributed by atoms with Crippen LogP contribution in [0.2, 0.25) is 0 Å². The van der Waals surface area contributed by atoms with Crippen LogP contribution < -0.4 is 0 Å².